The Hall–Kier alpha value is -3.81. The van der Waals surface area contributed by atoms with Crippen molar-refractivity contribution in [3.8, 4) is 6.07 Å². The Kier molecular flexibility index (Phi) is 7.84. The smallest absolute Gasteiger partial charge is 0.273 e. The molecule has 0 aliphatic rings. The van der Waals surface area contributed by atoms with Crippen LogP contribution in [0.2, 0.25) is 0 Å². The quantitative estimate of drug-likeness (QED) is 0.386. The van der Waals surface area contributed by atoms with Gasteiger partial charge in [-0.25, -0.2) is 4.39 Å². The molecule has 3 aromatic rings. The highest BCUT2D eigenvalue weighted by Gasteiger charge is 2.34. The minimum absolute atomic E-state index is 0.0334. The summed E-state index contributed by atoms with van der Waals surface area (Å²) >= 11 is 0. The maximum Gasteiger partial charge on any atom is 0.273 e. The number of amides is 2. The Labute approximate surface area is 202 Å². The van der Waals surface area contributed by atoms with Gasteiger partial charge in [0.05, 0.1) is 36.4 Å². The van der Waals surface area contributed by atoms with Crippen LogP contribution in [0.15, 0.2) is 42.5 Å². The normalized spacial score (nSPS) is 13.2. The van der Waals surface area contributed by atoms with Crippen molar-refractivity contribution in [1.29, 1.82) is 5.26 Å². The molecule has 0 fully saturated rings. The highest BCUT2D eigenvalue weighted by Crippen LogP contribution is 2.24. The molecule has 1 heterocycles. The van der Waals surface area contributed by atoms with Crippen molar-refractivity contribution < 1.29 is 24.2 Å². The van der Waals surface area contributed by atoms with Crippen LogP contribution < -0.4 is 10.6 Å². The molecule has 0 saturated carbocycles. The minimum Gasteiger partial charge on any atom is -0.394 e. The van der Waals surface area contributed by atoms with E-state index in [4.69, 9.17) is 10.4 Å². The van der Waals surface area contributed by atoms with Gasteiger partial charge >= 0.3 is 0 Å². The first-order chi connectivity index (χ1) is 16.5. The lowest BCUT2D eigenvalue weighted by Gasteiger charge is -2.30. The molecule has 2 atom stereocenters. The van der Waals surface area contributed by atoms with Gasteiger partial charge in [0.2, 0.25) is 5.91 Å². The number of aliphatic hydroxyl groups excluding tert-OH is 2. The van der Waals surface area contributed by atoms with Gasteiger partial charge in [0.25, 0.3) is 5.91 Å². The van der Waals surface area contributed by atoms with Gasteiger partial charge in [0.1, 0.15) is 11.9 Å². The third-order valence-electron chi connectivity index (χ3n) is 5.47. The number of nitriles is 1. The summed E-state index contributed by atoms with van der Waals surface area (Å²) in [6, 6.07) is 11.9. The van der Waals surface area contributed by atoms with Crippen molar-refractivity contribution in [3.63, 3.8) is 0 Å². The highest BCUT2D eigenvalue weighted by atomic mass is 19.1. The number of hydrogen-bond donors (Lipinski definition) is 4. The molecule has 2 amide bonds. The summed E-state index contributed by atoms with van der Waals surface area (Å²) in [4.78, 5) is 26.0. The zero-order valence-electron chi connectivity index (χ0n) is 19.7. The van der Waals surface area contributed by atoms with Crippen LogP contribution in [0.3, 0.4) is 0 Å². The van der Waals surface area contributed by atoms with E-state index in [0.717, 1.165) is 5.56 Å². The van der Waals surface area contributed by atoms with Crippen LogP contribution in [0.1, 0.15) is 42.4 Å². The van der Waals surface area contributed by atoms with Crippen molar-refractivity contribution in [2.45, 2.75) is 39.5 Å². The van der Waals surface area contributed by atoms with E-state index in [1.165, 1.54) is 22.9 Å². The van der Waals surface area contributed by atoms with E-state index in [9.17, 15) is 19.1 Å². The maximum absolute atomic E-state index is 14.0. The fourth-order valence-electron chi connectivity index (χ4n) is 3.55. The molecule has 1 aromatic heterocycles. The second-order valence-corrected chi connectivity index (χ2v) is 9.33. The number of benzene rings is 2. The van der Waals surface area contributed by atoms with Gasteiger partial charge in [0.15, 0.2) is 5.69 Å². The van der Waals surface area contributed by atoms with E-state index in [0.29, 0.717) is 16.5 Å². The zero-order valence-corrected chi connectivity index (χ0v) is 19.7. The van der Waals surface area contributed by atoms with Gasteiger partial charge in [-0.15, -0.1) is 0 Å². The average Bonchev–Trinajstić information content (AvgIpc) is 3.17. The molecule has 35 heavy (non-hydrogen) atoms. The lowest BCUT2D eigenvalue weighted by Crippen LogP contribution is -2.54. The first-order valence-electron chi connectivity index (χ1n) is 11.1. The van der Waals surface area contributed by atoms with Crippen LogP contribution in [0.4, 0.5) is 4.39 Å². The summed E-state index contributed by atoms with van der Waals surface area (Å²) < 4.78 is 15.5. The summed E-state index contributed by atoms with van der Waals surface area (Å²) in [7, 11) is 0. The molecule has 0 unspecified atom stereocenters. The van der Waals surface area contributed by atoms with E-state index < -0.39 is 41.8 Å². The lowest BCUT2D eigenvalue weighted by molar-refractivity contribution is -0.125. The van der Waals surface area contributed by atoms with Crippen LogP contribution in [0.25, 0.3) is 10.9 Å². The second kappa shape index (κ2) is 10.6. The van der Waals surface area contributed by atoms with Gasteiger partial charge in [-0.1, -0.05) is 32.9 Å². The van der Waals surface area contributed by atoms with Crippen LogP contribution in [0, 0.1) is 22.6 Å². The molecule has 4 N–H and O–H groups in total. The molecule has 3 rings (SSSR count). The Morgan fingerprint density at radius 1 is 1.20 bits per heavy atom. The SMILES string of the molecule is CC(C)(C)[C@H](NC(=O)c1nn(Cc2ccc(C#N)cc2)c2cc(F)ccc12)C(=O)NC[C@@H](O)CO. The number of hydrogen-bond acceptors (Lipinski definition) is 6. The predicted molar refractivity (Wildman–Crippen MR) is 127 cm³/mol. The zero-order chi connectivity index (χ0) is 25.8. The molecule has 0 radical (unpaired) electrons. The second-order valence-electron chi connectivity index (χ2n) is 9.33. The molecular weight excluding hydrogens is 453 g/mol. The van der Waals surface area contributed by atoms with Crippen LogP contribution >= 0.6 is 0 Å². The summed E-state index contributed by atoms with van der Waals surface area (Å²) in [5.41, 5.74) is 1.06. The summed E-state index contributed by atoms with van der Waals surface area (Å²) in [5.74, 6) is -1.62. The monoisotopic (exact) mass is 481 g/mol. The number of nitrogens with zero attached hydrogens (tertiary/aromatic N) is 3. The fraction of sp³-hybridized carbons (Fsp3) is 0.360. The molecule has 9 nitrogen and oxygen atoms in total. The van der Waals surface area contributed by atoms with E-state index in [1.807, 2.05) is 6.07 Å². The first-order valence-corrected chi connectivity index (χ1v) is 11.1. The van der Waals surface area contributed by atoms with E-state index in [1.54, 1.807) is 45.0 Å². The van der Waals surface area contributed by atoms with Gasteiger partial charge in [-0.2, -0.15) is 10.4 Å². The maximum atomic E-state index is 14.0. The average molecular weight is 482 g/mol. The number of aromatic nitrogens is 2. The molecule has 184 valence electrons. The number of rotatable bonds is 8. The van der Waals surface area contributed by atoms with E-state index in [-0.39, 0.29) is 18.8 Å². The largest absolute Gasteiger partial charge is 0.394 e. The number of carbonyl (C=O) groups excluding carboxylic acids is 2. The summed E-state index contributed by atoms with van der Waals surface area (Å²) in [6.45, 7) is 4.89. The van der Waals surface area contributed by atoms with Crippen LogP contribution in [-0.2, 0) is 11.3 Å². The Bertz CT molecular complexity index is 1260. The van der Waals surface area contributed by atoms with Gasteiger partial charge < -0.3 is 20.8 Å². The molecule has 2 aromatic carbocycles. The topological polar surface area (TPSA) is 140 Å². The standard InChI is InChI=1S/C25H28FN5O4/c1-25(2,3)22(24(35)28-12-18(33)14-32)29-23(34)21-19-9-8-17(26)10-20(19)31(30-21)13-16-6-4-15(11-27)5-7-16/h4-10,18,22,32-33H,12-14H2,1-3H3,(H,28,35)(H,29,34)/t18-,22-/m1/s1. The van der Waals surface area contributed by atoms with E-state index in [2.05, 4.69) is 15.7 Å². The molecule has 0 aliphatic carbocycles. The van der Waals surface area contributed by atoms with E-state index >= 15 is 0 Å². The number of nitrogens with one attached hydrogen (secondary N) is 2. The number of halogens is 1. The molecule has 10 heteroatoms. The third-order valence-corrected chi connectivity index (χ3v) is 5.47. The van der Waals surface area contributed by atoms with Crippen molar-refractivity contribution in [1.82, 2.24) is 20.4 Å². The molecular formula is C25H28FN5O4. The number of aliphatic hydroxyl groups is 2. The molecule has 0 spiro atoms. The van der Waals surface area contributed by atoms with Crippen LogP contribution in [0.5, 0.6) is 0 Å². The lowest BCUT2D eigenvalue weighted by atomic mass is 9.86. The van der Waals surface area contributed by atoms with Gasteiger partial charge in [0, 0.05) is 11.9 Å². The fourth-order valence-corrected chi connectivity index (χ4v) is 3.55. The Morgan fingerprint density at radius 3 is 2.49 bits per heavy atom. The number of fused-ring (bicyclic) bond motifs is 1. The third kappa shape index (κ3) is 6.20. The van der Waals surface area contributed by atoms with Crippen molar-refractivity contribution in [2.75, 3.05) is 13.2 Å². The van der Waals surface area contributed by atoms with Crippen LogP contribution in [-0.4, -0.2) is 57.1 Å². The Balaban J connectivity index is 1.91. The minimum atomic E-state index is -1.12. The first kappa shape index (κ1) is 25.8. The van der Waals surface area contributed by atoms with Crippen molar-refractivity contribution in [3.05, 3.63) is 65.1 Å². The predicted octanol–water partition coefficient (Wildman–Crippen LogP) is 1.71. The molecule has 0 aliphatic heterocycles. The van der Waals surface area contributed by atoms with Crippen molar-refractivity contribution >= 4 is 22.7 Å². The molecule has 0 bridgehead atoms. The number of carbonyl (C=O) groups is 2. The van der Waals surface area contributed by atoms with Gasteiger partial charge in [-0.05, 0) is 41.3 Å². The highest BCUT2D eigenvalue weighted by molar-refractivity contribution is 6.06. The summed E-state index contributed by atoms with van der Waals surface area (Å²) in [6.07, 6.45) is -1.12. The molecule has 0 saturated heterocycles. The van der Waals surface area contributed by atoms with Gasteiger partial charge in [-0.3, -0.25) is 14.3 Å². The summed E-state index contributed by atoms with van der Waals surface area (Å²) in [5, 5.41) is 37.6. The Morgan fingerprint density at radius 2 is 1.89 bits per heavy atom. The van der Waals surface area contributed by atoms with Crippen molar-refractivity contribution in [2.24, 2.45) is 5.41 Å².